The lowest BCUT2D eigenvalue weighted by Crippen LogP contribution is -2.01. The molecule has 4 heteroatoms. The van der Waals surface area contributed by atoms with E-state index in [0.717, 1.165) is 21.3 Å². The van der Waals surface area contributed by atoms with Crippen molar-refractivity contribution in [2.75, 3.05) is 5.32 Å². The number of rotatable bonds is 3. The van der Waals surface area contributed by atoms with Gasteiger partial charge in [0.05, 0.1) is 5.02 Å². The maximum Gasteiger partial charge on any atom is 0.142 e. The molecule has 0 spiro atoms. The Morgan fingerprint density at radius 2 is 2.06 bits per heavy atom. The van der Waals surface area contributed by atoms with Crippen molar-refractivity contribution in [3.63, 3.8) is 0 Å². The minimum absolute atomic E-state index is 0.149. The van der Waals surface area contributed by atoms with E-state index in [2.05, 4.69) is 21.2 Å². The fourth-order valence-corrected chi connectivity index (χ4v) is 2.15. The summed E-state index contributed by atoms with van der Waals surface area (Å²) in [6, 6.07) is 10.8. The highest BCUT2D eigenvalue weighted by Crippen LogP contribution is 2.26. The second-order valence-electron chi connectivity index (χ2n) is 4.04. The summed E-state index contributed by atoms with van der Waals surface area (Å²) in [7, 11) is 0. The maximum atomic E-state index is 13.3. The molecule has 1 N–H and O–H groups in total. The summed E-state index contributed by atoms with van der Waals surface area (Å²) in [6.07, 6.45) is 0. The molecule has 0 amide bonds. The van der Waals surface area contributed by atoms with E-state index in [-0.39, 0.29) is 10.8 Å². The molecule has 0 aromatic heterocycles. The Morgan fingerprint density at radius 3 is 2.78 bits per heavy atom. The normalized spacial score (nSPS) is 10.4. The number of nitrogens with one attached hydrogen (secondary N) is 1. The molecule has 18 heavy (non-hydrogen) atoms. The third-order valence-corrected chi connectivity index (χ3v) is 4.02. The highest BCUT2D eigenvalue weighted by molar-refractivity contribution is 9.10. The molecule has 0 radical (unpaired) electrons. The molecule has 0 aliphatic carbocycles. The zero-order valence-electron chi connectivity index (χ0n) is 9.81. The molecule has 0 unspecified atom stereocenters. The van der Waals surface area contributed by atoms with E-state index < -0.39 is 0 Å². The first-order valence-electron chi connectivity index (χ1n) is 5.51. The number of aryl methyl sites for hydroxylation is 1. The molecule has 0 saturated heterocycles. The first-order valence-corrected chi connectivity index (χ1v) is 6.68. The van der Waals surface area contributed by atoms with Gasteiger partial charge in [-0.15, -0.1) is 0 Å². The Hall–Kier alpha value is -1.06. The van der Waals surface area contributed by atoms with Gasteiger partial charge in [0, 0.05) is 16.7 Å². The first-order chi connectivity index (χ1) is 8.58. The van der Waals surface area contributed by atoms with Crippen LogP contribution in [-0.2, 0) is 6.54 Å². The summed E-state index contributed by atoms with van der Waals surface area (Å²) < 4.78 is 14.3. The predicted octanol–water partition coefficient (Wildman–Crippen LogP) is 5.16. The van der Waals surface area contributed by atoms with Gasteiger partial charge in [0.1, 0.15) is 5.82 Å². The Labute approximate surface area is 119 Å². The van der Waals surface area contributed by atoms with Crippen molar-refractivity contribution in [2.45, 2.75) is 13.5 Å². The van der Waals surface area contributed by atoms with Crippen LogP contribution in [0, 0.1) is 12.7 Å². The van der Waals surface area contributed by atoms with E-state index in [1.165, 1.54) is 6.07 Å². The van der Waals surface area contributed by atoms with E-state index in [1.54, 1.807) is 6.07 Å². The zero-order valence-corrected chi connectivity index (χ0v) is 12.1. The van der Waals surface area contributed by atoms with Crippen LogP contribution in [0.1, 0.15) is 11.1 Å². The van der Waals surface area contributed by atoms with E-state index in [0.29, 0.717) is 6.54 Å². The predicted molar refractivity (Wildman–Crippen MR) is 77.6 cm³/mol. The molecular weight excluding hydrogens is 317 g/mol. The average Bonchev–Trinajstić information content (AvgIpc) is 2.35. The van der Waals surface area contributed by atoms with Crippen LogP contribution in [0.3, 0.4) is 0 Å². The van der Waals surface area contributed by atoms with Crippen molar-refractivity contribution < 1.29 is 4.39 Å². The SMILES string of the molecule is Cc1cccc(NCc2ccc(Cl)c(F)c2)c1Br. The minimum Gasteiger partial charge on any atom is -0.380 e. The Bertz CT molecular complexity index is 572. The molecule has 0 aliphatic heterocycles. The molecule has 0 bridgehead atoms. The summed E-state index contributed by atoms with van der Waals surface area (Å²) in [6.45, 7) is 2.58. The highest BCUT2D eigenvalue weighted by Gasteiger charge is 2.04. The van der Waals surface area contributed by atoms with E-state index >= 15 is 0 Å². The van der Waals surface area contributed by atoms with Crippen LogP contribution in [0.2, 0.25) is 5.02 Å². The third kappa shape index (κ3) is 3.03. The topological polar surface area (TPSA) is 12.0 Å². The van der Waals surface area contributed by atoms with Crippen molar-refractivity contribution in [3.8, 4) is 0 Å². The number of hydrogen-bond acceptors (Lipinski definition) is 1. The molecule has 94 valence electrons. The quantitative estimate of drug-likeness (QED) is 0.820. The van der Waals surface area contributed by atoms with Gasteiger partial charge >= 0.3 is 0 Å². The molecule has 0 atom stereocenters. The van der Waals surface area contributed by atoms with Crippen molar-refractivity contribution in [1.82, 2.24) is 0 Å². The van der Waals surface area contributed by atoms with Crippen LogP contribution < -0.4 is 5.32 Å². The molecule has 0 saturated carbocycles. The molecule has 0 fully saturated rings. The van der Waals surface area contributed by atoms with Crippen LogP contribution in [0.15, 0.2) is 40.9 Å². The lowest BCUT2D eigenvalue weighted by atomic mass is 10.2. The molecule has 1 nitrogen and oxygen atoms in total. The molecule has 2 rings (SSSR count). The fourth-order valence-electron chi connectivity index (χ4n) is 1.63. The second kappa shape index (κ2) is 5.72. The average molecular weight is 329 g/mol. The first kappa shape index (κ1) is 13.4. The lowest BCUT2D eigenvalue weighted by molar-refractivity contribution is 0.626. The van der Waals surface area contributed by atoms with Gasteiger partial charge in [0.25, 0.3) is 0 Å². The van der Waals surface area contributed by atoms with Crippen molar-refractivity contribution in [2.24, 2.45) is 0 Å². The van der Waals surface area contributed by atoms with Crippen molar-refractivity contribution in [1.29, 1.82) is 0 Å². The standard InChI is InChI=1S/C14H12BrClFN/c1-9-3-2-4-13(14(9)15)18-8-10-5-6-11(16)12(17)7-10/h2-7,18H,8H2,1H3. The van der Waals surface area contributed by atoms with Crippen LogP contribution >= 0.6 is 27.5 Å². The Morgan fingerprint density at radius 1 is 1.28 bits per heavy atom. The Kier molecular flexibility index (Phi) is 4.25. The van der Waals surface area contributed by atoms with E-state index in [4.69, 9.17) is 11.6 Å². The van der Waals surface area contributed by atoms with Gasteiger partial charge in [-0.25, -0.2) is 4.39 Å². The minimum atomic E-state index is -0.390. The van der Waals surface area contributed by atoms with Gasteiger partial charge in [0.15, 0.2) is 0 Å². The summed E-state index contributed by atoms with van der Waals surface area (Å²) >= 11 is 9.16. The number of halogens is 3. The summed E-state index contributed by atoms with van der Waals surface area (Å²) in [4.78, 5) is 0. The second-order valence-corrected chi connectivity index (χ2v) is 5.24. The maximum absolute atomic E-state index is 13.3. The monoisotopic (exact) mass is 327 g/mol. The van der Waals surface area contributed by atoms with Gasteiger partial charge in [-0.05, 0) is 52.2 Å². The summed E-state index contributed by atoms with van der Waals surface area (Å²) in [5.41, 5.74) is 3.00. The summed E-state index contributed by atoms with van der Waals surface area (Å²) in [5.74, 6) is -0.390. The van der Waals surface area contributed by atoms with Gasteiger partial charge in [0.2, 0.25) is 0 Å². The largest absolute Gasteiger partial charge is 0.380 e. The summed E-state index contributed by atoms with van der Waals surface area (Å²) in [5, 5.41) is 3.41. The van der Waals surface area contributed by atoms with Crippen molar-refractivity contribution >= 4 is 33.2 Å². The molecule has 2 aromatic carbocycles. The van der Waals surface area contributed by atoms with Gasteiger partial charge in [-0.1, -0.05) is 29.8 Å². The van der Waals surface area contributed by atoms with Crippen LogP contribution in [0.25, 0.3) is 0 Å². The van der Waals surface area contributed by atoms with Gasteiger partial charge < -0.3 is 5.32 Å². The van der Waals surface area contributed by atoms with Crippen molar-refractivity contribution in [3.05, 3.63) is 62.8 Å². The van der Waals surface area contributed by atoms with Crippen LogP contribution in [-0.4, -0.2) is 0 Å². The van der Waals surface area contributed by atoms with E-state index in [1.807, 2.05) is 31.2 Å². The molecule has 0 heterocycles. The number of hydrogen-bond donors (Lipinski definition) is 1. The molecule has 2 aromatic rings. The number of benzene rings is 2. The third-order valence-electron chi connectivity index (χ3n) is 2.66. The Balaban J connectivity index is 2.11. The molecule has 0 aliphatic rings. The van der Waals surface area contributed by atoms with Crippen LogP contribution in [0.5, 0.6) is 0 Å². The zero-order chi connectivity index (χ0) is 13.1. The van der Waals surface area contributed by atoms with Gasteiger partial charge in [-0.3, -0.25) is 0 Å². The van der Waals surface area contributed by atoms with Gasteiger partial charge in [-0.2, -0.15) is 0 Å². The number of anilines is 1. The highest BCUT2D eigenvalue weighted by atomic mass is 79.9. The fraction of sp³-hybridized carbons (Fsp3) is 0.143. The van der Waals surface area contributed by atoms with E-state index in [9.17, 15) is 4.39 Å². The van der Waals surface area contributed by atoms with Crippen LogP contribution in [0.4, 0.5) is 10.1 Å². The smallest absolute Gasteiger partial charge is 0.142 e. The lowest BCUT2D eigenvalue weighted by Gasteiger charge is -2.10. The molecular formula is C14H12BrClFN.